The summed E-state index contributed by atoms with van der Waals surface area (Å²) in [5.74, 6) is -1.01. The summed E-state index contributed by atoms with van der Waals surface area (Å²) >= 11 is 7.20. The van der Waals surface area contributed by atoms with Gasteiger partial charge in [0.05, 0.1) is 11.8 Å². The normalized spacial score (nSPS) is 11.6. The lowest BCUT2D eigenvalue weighted by Crippen LogP contribution is -2.28. The smallest absolute Gasteiger partial charge is 0.264 e. The molecule has 0 fully saturated rings. The molecule has 1 unspecified atom stereocenters. The molecule has 0 saturated heterocycles. The van der Waals surface area contributed by atoms with Gasteiger partial charge in [-0.2, -0.15) is 5.26 Å². The van der Waals surface area contributed by atoms with Gasteiger partial charge in [-0.25, -0.2) is 9.37 Å². The van der Waals surface area contributed by atoms with Gasteiger partial charge in [-0.3, -0.25) is 4.79 Å². The lowest BCUT2D eigenvalue weighted by atomic mass is 10.1. The molecule has 0 aliphatic rings. The van der Waals surface area contributed by atoms with Crippen molar-refractivity contribution in [3.8, 4) is 16.6 Å². The van der Waals surface area contributed by atoms with E-state index in [2.05, 4.69) is 10.3 Å². The summed E-state index contributed by atoms with van der Waals surface area (Å²) < 4.78 is 13.9. The van der Waals surface area contributed by atoms with Gasteiger partial charge in [-0.15, -0.1) is 11.3 Å². The van der Waals surface area contributed by atoms with Crippen molar-refractivity contribution >= 4 is 28.8 Å². The van der Waals surface area contributed by atoms with E-state index in [0.29, 0.717) is 20.6 Å². The number of thiazole rings is 1. The molecule has 2 aromatic carbocycles. The molecule has 1 heterocycles. The van der Waals surface area contributed by atoms with Gasteiger partial charge in [0.25, 0.3) is 5.91 Å². The maximum atomic E-state index is 13.9. The van der Waals surface area contributed by atoms with Crippen molar-refractivity contribution in [3.63, 3.8) is 0 Å². The van der Waals surface area contributed by atoms with Crippen LogP contribution in [0.4, 0.5) is 4.39 Å². The number of halogens is 2. The minimum Gasteiger partial charge on any atom is -0.332 e. The number of hydrogen-bond acceptors (Lipinski definition) is 4. The molecule has 0 spiro atoms. The van der Waals surface area contributed by atoms with Crippen molar-refractivity contribution in [2.45, 2.75) is 13.0 Å². The van der Waals surface area contributed by atoms with Crippen molar-refractivity contribution in [2.24, 2.45) is 0 Å². The molecule has 0 saturated carbocycles. The first-order chi connectivity index (χ1) is 12.5. The summed E-state index contributed by atoms with van der Waals surface area (Å²) in [6.45, 7) is 1.71. The van der Waals surface area contributed by atoms with E-state index in [0.717, 1.165) is 5.56 Å². The van der Waals surface area contributed by atoms with Gasteiger partial charge in [0, 0.05) is 16.1 Å². The Morgan fingerprint density at radius 2 is 2.08 bits per heavy atom. The fourth-order valence-electron chi connectivity index (χ4n) is 2.44. The highest BCUT2D eigenvalue weighted by Gasteiger charge is 2.22. The number of rotatable bonds is 4. The number of nitriles is 1. The van der Waals surface area contributed by atoms with Crippen LogP contribution in [-0.2, 0) is 0 Å². The lowest BCUT2D eigenvalue weighted by molar-refractivity contribution is 0.0948. The summed E-state index contributed by atoms with van der Waals surface area (Å²) in [4.78, 5) is 17.4. The molecule has 26 heavy (non-hydrogen) atoms. The summed E-state index contributed by atoms with van der Waals surface area (Å²) in [5, 5.41) is 13.1. The molecule has 0 bridgehead atoms. The Balaban J connectivity index is 1.86. The van der Waals surface area contributed by atoms with E-state index in [1.165, 1.54) is 29.5 Å². The molecule has 7 heteroatoms. The van der Waals surface area contributed by atoms with E-state index in [1.54, 1.807) is 31.2 Å². The number of aryl methyl sites for hydroxylation is 1. The highest BCUT2D eigenvalue weighted by molar-refractivity contribution is 7.17. The number of benzene rings is 2. The number of nitrogens with zero attached hydrogens (tertiary/aromatic N) is 2. The van der Waals surface area contributed by atoms with Crippen LogP contribution in [0.2, 0.25) is 5.02 Å². The molecule has 1 aromatic heterocycles. The number of aromatic nitrogens is 1. The predicted molar refractivity (Wildman–Crippen MR) is 99.5 cm³/mol. The fourth-order valence-corrected chi connectivity index (χ4v) is 3.59. The topological polar surface area (TPSA) is 65.8 Å². The minimum atomic E-state index is -1.08. The minimum absolute atomic E-state index is 0.126. The van der Waals surface area contributed by atoms with Crippen molar-refractivity contribution in [2.75, 3.05) is 0 Å². The highest BCUT2D eigenvalue weighted by atomic mass is 35.5. The van der Waals surface area contributed by atoms with Gasteiger partial charge >= 0.3 is 0 Å². The third-order valence-corrected chi connectivity index (χ3v) is 5.14. The number of amides is 1. The van der Waals surface area contributed by atoms with E-state index in [9.17, 15) is 14.4 Å². The standard InChI is InChI=1S/C19H13ClFN3OS/c1-11-17(26-19(23-11)12-5-4-6-13(20)9-12)18(25)24-16(10-22)14-7-2-3-8-15(14)21/h2-9,16H,1H3,(H,24,25). The summed E-state index contributed by atoms with van der Waals surface area (Å²) in [5.41, 5.74) is 1.46. The van der Waals surface area contributed by atoms with Gasteiger partial charge in [0.2, 0.25) is 0 Å². The third kappa shape index (κ3) is 3.74. The van der Waals surface area contributed by atoms with Crippen LogP contribution in [-0.4, -0.2) is 10.9 Å². The highest BCUT2D eigenvalue weighted by Crippen LogP contribution is 2.30. The van der Waals surface area contributed by atoms with E-state index in [4.69, 9.17) is 11.6 Å². The Bertz CT molecular complexity index is 1010. The Kier molecular flexibility index (Phi) is 5.31. The van der Waals surface area contributed by atoms with Crippen LogP contribution in [0.3, 0.4) is 0 Å². The quantitative estimate of drug-likeness (QED) is 0.694. The molecule has 1 atom stereocenters. The fraction of sp³-hybridized carbons (Fsp3) is 0.105. The zero-order valence-electron chi connectivity index (χ0n) is 13.7. The molecular weight excluding hydrogens is 373 g/mol. The largest absolute Gasteiger partial charge is 0.332 e. The van der Waals surface area contributed by atoms with Crippen LogP contribution in [0.5, 0.6) is 0 Å². The number of hydrogen-bond donors (Lipinski definition) is 1. The summed E-state index contributed by atoms with van der Waals surface area (Å²) in [7, 11) is 0. The van der Waals surface area contributed by atoms with Crippen molar-refractivity contribution in [1.29, 1.82) is 5.26 Å². The van der Waals surface area contributed by atoms with E-state index < -0.39 is 17.8 Å². The van der Waals surface area contributed by atoms with Crippen molar-refractivity contribution in [1.82, 2.24) is 10.3 Å². The maximum absolute atomic E-state index is 13.9. The van der Waals surface area contributed by atoms with Gasteiger partial charge in [-0.1, -0.05) is 41.9 Å². The zero-order valence-corrected chi connectivity index (χ0v) is 15.2. The van der Waals surface area contributed by atoms with E-state index in [1.807, 2.05) is 12.1 Å². The summed E-state index contributed by atoms with van der Waals surface area (Å²) in [6.07, 6.45) is 0. The second-order valence-electron chi connectivity index (χ2n) is 5.50. The number of carbonyl (C=O) groups is 1. The Labute approximate surface area is 158 Å². The van der Waals surface area contributed by atoms with Crippen molar-refractivity contribution in [3.05, 3.63) is 75.5 Å². The Hall–Kier alpha value is -2.75. The van der Waals surface area contributed by atoms with Crippen LogP contribution >= 0.6 is 22.9 Å². The van der Waals surface area contributed by atoms with Gasteiger partial charge < -0.3 is 5.32 Å². The van der Waals surface area contributed by atoms with Crippen molar-refractivity contribution < 1.29 is 9.18 Å². The number of nitrogens with one attached hydrogen (secondary N) is 1. The lowest BCUT2D eigenvalue weighted by Gasteiger charge is -2.12. The molecule has 130 valence electrons. The molecule has 3 aromatic rings. The number of carbonyl (C=O) groups excluding carboxylic acids is 1. The molecule has 0 aliphatic carbocycles. The van der Waals surface area contributed by atoms with Crippen LogP contribution in [0, 0.1) is 24.1 Å². The van der Waals surface area contributed by atoms with Gasteiger partial charge in [-0.05, 0) is 25.1 Å². The second kappa shape index (κ2) is 7.65. The predicted octanol–water partition coefficient (Wildman–Crippen LogP) is 4.91. The Morgan fingerprint density at radius 3 is 2.77 bits per heavy atom. The second-order valence-corrected chi connectivity index (χ2v) is 6.94. The van der Waals surface area contributed by atoms with E-state index in [-0.39, 0.29) is 5.56 Å². The molecule has 1 amide bonds. The van der Waals surface area contributed by atoms with Gasteiger partial charge in [0.15, 0.2) is 0 Å². The maximum Gasteiger partial charge on any atom is 0.264 e. The zero-order chi connectivity index (χ0) is 18.7. The monoisotopic (exact) mass is 385 g/mol. The Morgan fingerprint density at radius 1 is 1.31 bits per heavy atom. The average Bonchev–Trinajstić information content (AvgIpc) is 3.02. The average molecular weight is 386 g/mol. The van der Waals surface area contributed by atoms with Crippen LogP contribution in [0.1, 0.15) is 27.0 Å². The van der Waals surface area contributed by atoms with Gasteiger partial charge in [0.1, 0.15) is 21.7 Å². The molecule has 1 N–H and O–H groups in total. The first kappa shape index (κ1) is 18.1. The van der Waals surface area contributed by atoms with E-state index >= 15 is 0 Å². The molecular formula is C19H13ClFN3OS. The molecule has 0 aliphatic heterocycles. The van der Waals surface area contributed by atoms with Crippen LogP contribution in [0.25, 0.3) is 10.6 Å². The molecule has 4 nitrogen and oxygen atoms in total. The SMILES string of the molecule is Cc1nc(-c2cccc(Cl)c2)sc1C(=O)NC(C#N)c1ccccc1F. The first-order valence-corrected chi connectivity index (χ1v) is 8.87. The molecule has 3 rings (SSSR count). The molecule has 0 radical (unpaired) electrons. The first-order valence-electron chi connectivity index (χ1n) is 7.68. The summed E-state index contributed by atoms with van der Waals surface area (Å²) in [6, 6.07) is 13.9. The third-order valence-electron chi connectivity index (χ3n) is 3.70. The van der Waals surface area contributed by atoms with Crippen LogP contribution in [0.15, 0.2) is 48.5 Å². The van der Waals surface area contributed by atoms with Crippen LogP contribution < -0.4 is 5.32 Å².